The van der Waals surface area contributed by atoms with E-state index >= 15 is 0 Å². The van der Waals surface area contributed by atoms with Crippen LogP contribution >= 0.6 is 0 Å². The summed E-state index contributed by atoms with van der Waals surface area (Å²) in [5, 5.41) is 4.97. The highest BCUT2D eigenvalue weighted by Crippen LogP contribution is 2.21. The molecule has 154 valence electrons. The summed E-state index contributed by atoms with van der Waals surface area (Å²) in [6.07, 6.45) is 0. The predicted octanol–water partition coefficient (Wildman–Crippen LogP) is 2.30. The van der Waals surface area contributed by atoms with Gasteiger partial charge < -0.3 is 10.1 Å². The monoisotopic (exact) mass is 400 g/mol. The number of rotatable bonds is 6. The molecule has 1 fully saturated rings. The maximum atomic E-state index is 13.5. The molecule has 0 unspecified atom stereocenters. The van der Waals surface area contributed by atoms with Gasteiger partial charge in [-0.2, -0.15) is 0 Å². The van der Waals surface area contributed by atoms with Crippen LogP contribution in [0.15, 0.2) is 48.5 Å². The Morgan fingerprint density at radius 3 is 2.41 bits per heavy atom. The van der Waals surface area contributed by atoms with Gasteiger partial charge in [-0.25, -0.2) is 9.18 Å². The lowest BCUT2D eigenvalue weighted by Crippen LogP contribution is -2.50. The SMILES string of the molecule is COc1ccc(F)cc1CN1CCN(CC(=O)NC(=O)Nc2ccccc2)CC1. The number of anilines is 1. The van der Waals surface area contributed by atoms with Gasteiger partial charge in [-0.05, 0) is 30.3 Å². The maximum Gasteiger partial charge on any atom is 0.325 e. The molecule has 1 aliphatic heterocycles. The van der Waals surface area contributed by atoms with Crippen LogP contribution in [0.2, 0.25) is 0 Å². The van der Waals surface area contributed by atoms with Crippen LogP contribution in [0.25, 0.3) is 0 Å². The van der Waals surface area contributed by atoms with E-state index in [0.29, 0.717) is 31.1 Å². The quantitative estimate of drug-likeness (QED) is 0.779. The Hall–Kier alpha value is -2.97. The molecule has 1 saturated heterocycles. The number of carbonyl (C=O) groups excluding carboxylic acids is 2. The van der Waals surface area contributed by atoms with Crippen molar-refractivity contribution < 1.29 is 18.7 Å². The molecule has 0 spiro atoms. The number of imide groups is 1. The fourth-order valence-electron chi connectivity index (χ4n) is 3.27. The van der Waals surface area contributed by atoms with Crippen molar-refractivity contribution in [1.29, 1.82) is 0 Å². The lowest BCUT2D eigenvalue weighted by Gasteiger charge is -2.34. The molecule has 0 radical (unpaired) electrons. The van der Waals surface area contributed by atoms with Gasteiger partial charge in [-0.15, -0.1) is 0 Å². The fraction of sp³-hybridized carbons (Fsp3) is 0.333. The number of ether oxygens (including phenoxy) is 1. The third-order valence-corrected chi connectivity index (χ3v) is 4.75. The number of carbonyl (C=O) groups is 2. The Labute approximate surface area is 169 Å². The van der Waals surface area contributed by atoms with Crippen LogP contribution in [0.3, 0.4) is 0 Å². The van der Waals surface area contributed by atoms with E-state index in [2.05, 4.69) is 15.5 Å². The van der Waals surface area contributed by atoms with Crippen LogP contribution in [0.1, 0.15) is 5.56 Å². The van der Waals surface area contributed by atoms with E-state index in [1.807, 2.05) is 11.0 Å². The second-order valence-electron chi connectivity index (χ2n) is 6.88. The number of hydrogen-bond donors (Lipinski definition) is 2. The molecule has 0 atom stereocenters. The number of nitrogens with one attached hydrogen (secondary N) is 2. The van der Waals surface area contributed by atoms with Gasteiger partial charge in [0.05, 0.1) is 13.7 Å². The molecule has 2 aromatic rings. The number of amides is 3. The van der Waals surface area contributed by atoms with Crippen molar-refractivity contribution in [2.45, 2.75) is 6.54 Å². The van der Waals surface area contributed by atoms with E-state index in [-0.39, 0.29) is 18.3 Å². The second-order valence-corrected chi connectivity index (χ2v) is 6.88. The van der Waals surface area contributed by atoms with Gasteiger partial charge in [-0.3, -0.25) is 19.9 Å². The van der Waals surface area contributed by atoms with Crippen molar-refractivity contribution in [1.82, 2.24) is 15.1 Å². The molecule has 0 aliphatic carbocycles. The number of para-hydroxylation sites is 1. The number of methoxy groups -OCH3 is 1. The second kappa shape index (κ2) is 9.99. The Bertz CT molecular complexity index is 839. The van der Waals surface area contributed by atoms with Gasteiger partial charge in [0, 0.05) is 44.0 Å². The number of piperazine rings is 1. The average Bonchev–Trinajstić information content (AvgIpc) is 2.70. The first kappa shape index (κ1) is 20.8. The topological polar surface area (TPSA) is 73.9 Å². The summed E-state index contributed by atoms with van der Waals surface area (Å²) < 4.78 is 18.8. The van der Waals surface area contributed by atoms with Gasteiger partial charge in [0.15, 0.2) is 0 Å². The molecule has 3 amide bonds. The maximum absolute atomic E-state index is 13.5. The van der Waals surface area contributed by atoms with Gasteiger partial charge in [0.25, 0.3) is 0 Å². The van der Waals surface area contributed by atoms with Crippen molar-refractivity contribution in [2.75, 3.05) is 45.2 Å². The van der Waals surface area contributed by atoms with Crippen LogP contribution in [-0.2, 0) is 11.3 Å². The van der Waals surface area contributed by atoms with E-state index in [9.17, 15) is 14.0 Å². The van der Waals surface area contributed by atoms with Gasteiger partial charge in [0.2, 0.25) is 5.91 Å². The van der Waals surface area contributed by atoms with Crippen molar-refractivity contribution in [3.05, 3.63) is 59.9 Å². The van der Waals surface area contributed by atoms with Crippen molar-refractivity contribution in [2.24, 2.45) is 0 Å². The lowest BCUT2D eigenvalue weighted by atomic mass is 10.1. The first-order chi connectivity index (χ1) is 14.0. The minimum absolute atomic E-state index is 0.152. The predicted molar refractivity (Wildman–Crippen MR) is 108 cm³/mol. The minimum Gasteiger partial charge on any atom is -0.496 e. The number of hydrogen-bond acceptors (Lipinski definition) is 5. The normalized spacial score (nSPS) is 15.0. The lowest BCUT2D eigenvalue weighted by molar-refractivity contribution is -0.121. The number of nitrogens with zero attached hydrogens (tertiary/aromatic N) is 2. The number of halogens is 1. The van der Waals surface area contributed by atoms with E-state index < -0.39 is 6.03 Å². The van der Waals surface area contributed by atoms with Crippen molar-refractivity contribution in [3.63, 3.8) is 0 Å². The fourth-order valence-corrected chi connectivity index (χ4v) is 3.27. The zero-order valence-electron chi connectivity index (χ0n) is 16.4. The average molecular weight is 400 g/mol. The van der Waals surface area contributed by atoms with Gasteiger partial charge >= 0.3 is 6.03 Å². The zero-order valence-corrected chi connectivity index (χ0v) is 16.4. The largest absolute Gasteiger partial charge is 0.496 e. The summed E-state index contributed by atoms with van der Waals surface area (Å²) in [6, 6.07) is 12.9. The third kappa shape index (κ3) is 6.27. The van der Waals surface area contributed by atoms with Crippen LogP contribution in [0.4, 0.5) is 14.9 Å². The van der Waals surface area contributed by atoms with Crippen LogP contribution in [-0.4, -0.2) is 61.6 Å². The molecular formula is C21H25FN4O3. The van der Waals surface area contributed by atoms with Crippen LogP contribution < -0.4 is 15.4 Å². The molecule has 0 saturated carbocycles. The highest BCUT2D eigenvalue weighted by atomic mass is 19.1. The molecule has 7 nitrogen and oxygen atoms in total. The summed E-state index contributed by atoms with van der Waals surface area (Å²) in [4.78, 5) is 28.2. The Morgan fingerprint density at radius 2 is 1.72 bits per heavy atom. The van der Waals surface area contributed by atoms with E-state index in [1.165, 1.54) is 12.1 Å². The molecule has 8 heteroatoms. The minimum atomic E-state index is -0.543. The highest BCUT2D eigenvalue weighted by Gasteiger charge is 2.21. The first-order valence-electron chi connectivity index (χ1n) is 9.46. The molecule has 0 aromatic heterocycles. The Kier molecular flexibility index (Phi) is 7.15. The first-order valence-corrected chi connectivity index (χ1v) is 9.46. The molecule has 2 N–H and O–H groups in total. The van der Waals surface area contributed by atoms with Crippen LogP contribution in [0.5, 0.6) is 5.75 Å². The number of benzene rings is 2. The molecule has 1 heterocycles. The highest BCUT2D eigenvalue weighted by molar-refractivity contribution is 6.01. The van der Waals surface area contributed by atoms with E-state index in [0.717, 1.165) is 18.7 Å². The third-order valence-electron chi connectivity index (χ3n) is 4.75. The molecule has 3 rings (SSSR count). The van der Waals surface area contributed by atoms with Crippen molar-refractivity contribution >= 4 is 17.6 Å². The smallest absolute Gasteiger partial charge is 0.325 e. The van der Waals surface area contributed by atoms with Crippen LogP contribution in [0, 0.1) is 5.82 Å². The summed E-state index contributed by atoms with van der Waals surface area (Å²) >= 11 is 0. The van der Waals surface area contributed by atoms with Gasteiger partial charge in [-0.1, -0.05) is 18.2 Å². The molecule has 29 heavy (non-hydrogen) atoms. The molecular weight excluding hydrogens is 375 g/mol. The zero-order chi connectivity index (χ0) is 20.6. The van der Waals surface area contributed by atoms with Gasteiger partial charge in [0.1, 0.15) is 11.6 Å². The Balaban J connectivity index is 1.42. The summed E-state index contributed by atoms with van der Waals surface area (Å²) in [5.74, 6) is 0.0289. The standard InChI is InChI=1S/C21H25FN4O3/c1-29-19-8-7-17(22)13-16(19)14-25-9-11-26(12-10-25)15-20(27)24-21(28)23-18-5-3-2-4-6-18/h2-8,13H,9-12,14-15H2,1H3,(H2,23,24,27,28). The molecule has 1 aliphatic rings. The number of urea groups is 1. The summed E-state index contributed by atoms with van der Waals surface area (Å²) in [6.45, 7) is 3.59. The van der Waals surface area contributed by atoms with Crippen molar-refractivity contribution in [3.8, 4) is 5.75 Å². The summed E-state index contributed by atoms with van der Waals surface area (Å²) in [7, 11) is 1.57. The van der Waals surface area contributed by atoms with E-state index in [4.69, 9.17) is 4.74 Å². The molecule has 0 bridgehead atoms. The Morgan fingerprint density at radius 1 is 1.03 bits per heavy atom. The van der Waals surface area contributed by atoms with E-state index in [1.54, 1.807) is 37.4 Å². The molecule has 2 aromatic carbocycles. The summed E-state index contributed by atoms with van der Waals surface area (Å²) in [5.41, 5.74) is 1.43.